The average molecular weight is 616 g/mol. The van der Waals surface area contributed by atoms with Crippen LogP contribution in [0, 0.1) is 5.92 Å². The molecule has 2 aromatic carbocycles. The Bertz CT molecular complexity index is 1420. The number of hydrogen-bond donors (Lipinski definition) is 1. The van der Waals surface area contributed by atoms with Crippen LogP contribution in [-0.4, -0.2) is 64.0 Å². The molecule has 3 heterocycles. The SMILES string of the molecule is CC(C)c1nnc(-c2ccc(Oc3cc(C(=O)NC4CCN(CC5CCCCC5)CC4)ccc3CN3CCCC3=O)cc2)s1. The molecule has 8 nitrogen and oxygen atoms in total. The van der Waals surface area contributed by atoms with Crippen molar-refractivity contribution in [1.29, 1.82) is 0 Å². The van der Waals surface area contributed by atoms with E-state index in [2.05, 4.69) is 34.3 Å². The molecule has 2 aliphatic heterocycles. The van der Waals surface area contributed by atoms with Gasteiger partial charge >= 0.3 is 0 Å². The molecular formula is C35H45N5O3S. The second kappa shape index (κ2) is 14.2. The molecule has 6 rings (SSSR count). The van der Waals surface area contributed by atoms with Gasteiger partial charge < -0.3 is 19.9 Å². The van der Waals surface area contributed by atoms with Crippen LogP contribution < -0.4 is 10.1 Å². The van der Waals surface area contributed by atoms with Crippen LogP contribution >= 0.6 is 11.3 Å². The zero-order chi connectivity index (χ0) is 30.5. The predicted molar refractivity (Wildman–Crippen MR) is 174 cm³/mol. The number of likely N-dealkylation sites (tertiary alicyclic amines) is 2. The summed E-state index contributed by atoms with van der Waals surface area (Å²) in [5, 5.41) is 13.8. The van der Waals surface area contributed by atoms with Crippen LogP contribution in [0.5, 0.6) is 11.5 Å². The lowest BCUT2D eigenvalue weighted by atomic mass is 9.88. The Morgan fingerprint density at radius 2 is 1.75 bits per heavy atom. The number of aromatic nitrogens is 2. The van der Waals surface area contributed by atoms with Crippen LogP contribution in [-0.2, 0) is 11.3 Å². The van der Waals surface area contributed by atoms with E-state index in [0.29, 0.717) is 35.9 Å². The van der Waals surface area contributed by atoms with Crippen molar-refractivity contribution in [2.45, 2.75) is 90.1 Å². The maximum atomic E-state index is 13.4. The van der Waals surface area contributed by atoms with E-state index in [1.54, 1.807) is 11.3 Å². The highest BCUT2D eigenvalue weighted by atomic mass is 32.1. The Labute approximate surface area is 265 Å². The average Bonchev–Trinajstić information content (AvgIpc) is 3.69. The molecule has 0 atom stereocenters. The molecule has 1 aliphatic carbocycles. The summed E-state index contributed by atoms with van der Waals surface area (Å²) in [6.07, 6.45) is 10.3. The van der Waals surface area contributed by atoms with Crippen molar-refractivity contribution in [1.82, 2.24) is 25.3 Å². The van der Waals surface area contributed by atoms with E-state index in [9.17, 15) is 9.59 Å². The summed E-state index contributed by atoms with van der Waals surface area (Å²) in [6.45, 7) is 8.75. The molecule has 3 aliphatic rings. The van der Waals surface area contributed by atoms with Crippen LogP contribution in [0.25, 0.3) is 10.6 Å². The molecule has 1 saturated carbocycles. The number of rotatable bonds is 10. The van der Waals surface area contributed by atoms with Crippen molar-refractivity contribution < 1.29 is 14.3 Å². The number of carbonyl (C=O) groups excluding carboxylic acids is 2. The first-order valence-electron chi connectivity index (χ1n) is 16.5. The van der Waals surface area contributed by atoms with Gasteiger partial charge in [0.1, 0.15) is 21.5 Å². The van der Waals surface area contributed by atoms with E-state index in [1.165, 1.54) is 38.6 Å². The van der Waals surface area contributed by atoms with Crippen molar-refractivity contribution in [3.8, 4) is 22.1 Å². The number of nitrogens with zero attached hydrogens (tertiary/aromatic N) is 4. The van der Waals surface area contributed by atoms with Crippen LogP contribution in [0.2, 0.25) is 0 Å². The lowest BCUT2D eigenvalue weighted by Gasteiger charge is -2.35. The van der Waals surface area contributed by atoms with Gasteiger partial charge in [-0.25, -0.2) is 0 Å². The molecule has 0 bridgehead atoms. The van der Waals surface area contributed by atoms with Crippen molar-refractivity contribution in [3.63, 3.8) is 0 Å². The molecule has 2 saturated heterocycles. The highest BCUT2D eigenvalue weighted by Crippen LogP contribution is 2.33. The minimum Gasteiger partial charge on any atom is -0.457 e. The molecule has 3 aromatic rings. The van der Waals surface area contributed by atoms with E-state index >= 15 is 0 Å². The zero-order valence-corrected chi connectivity index (χ0v) is 26.9. The number of amides is 2. The lowest BCUT2D eigenvalue weighted by molar-refractivity contribution is -0.128. The lowest BCUT2D eigenvalue weighted by Crippen LogP contribution is -2.46. The fraction of sp³-hybridized carbons (Fsp3) is 0.543. The smallest absolute Gasteiger partial charge is 0.251 e. The first-order valence-corrected chi connectivity index (χ1v) is 17.3. The summed E-state index contributed by atoms with van der Waals surface area (Å²) in [7, 11) is 0. The zero-order valence-electron chi connectivity index (χ0n) is 26.1. The molecule has 9 heteroatoms. The van der Waals surface area contributed by atoms with Gasteiger partial charge in [-0.2, -0.15) is 0 Å². The highest BCUT2D eigenvalue weighted by molar-refractivity contribution is 7.14. The second-order valence-corrected chi connectivity index (χ2v) is 14.0. The largest absolute Gasteiger partial charge is 0.457 e. The predicted octanol–water partition coefficient (Wildman–Crippen LogP) is 7.02. The van der Waals surface area contributed by atoms with Gasteiger partial charge in [0.15, 0.2) is 0 Å². The van der Waals surface area contributed by atoms with Gasteiger partial charge in [0.2, 0.25) is 5.91 Å². The van der Waals surface area contributed by atoms with Crippen LogP contribution in [0.1, 0.15) is 98.5 Å². The van der Waals surface area contributed by atoms with E-state index in [4.69, 9.17) is 4.74 Å². The normalized spacial score (nSPS) is 18.7. The maximum Gasteiger partial charge on any atom is 0.251 e. The topological polar surface area (TPSA) is 87.7 Å². The fourth-order valence-corrected chi connectivity index (χ4v) is 7.49. The minimum atomic E-state index is -0.0723. The second-order valence-electron chi connectivity index (χ2n) is 13.0. The van der Waals surface area contributed by atoms with Crippen molar-refractivity contribution in [2.75, 3.05) is 26.2 Å². The molecule has 0 spiro atoms. The third-order valence-corrected chi connectivity index (χ3v) is 10.6. The molecule has 2 amide bonds. The van der Waals surface area contributed by atoms with Crippen LogP contribution in [0.4, 0.5) is 0 Å². The quantitative estimate of drug-likeness (QED) is 0.264. The minimum absolute atomic E-state index is 0.0723. The fourth-order valence-electron chi connectivity index (χ4n) is 6.64. The van der Waals surface area contributed by atoms with Gasteiger partial charge in [0, 0.05) is 67.8 Å². The van der Waals surface area contributed by atoms with E-state index < -0.39 is 0 Å². The van der Waals surface area contributed by atoms with Crippen molar-refractivity contribution >= 4 is 23.2 Å². The summed E-state index contributed by atoms with van der Waals surface area (Å²) in [5.74, 6) is 2.55. The number of piperidine rings is 1. The summed E-state index contributed by atoms with van der Waals surface area (Å²) in [6, 6.07) is 13.6. The Morgan fingerprint density at radius 1 is 0.977 bits per heavy atom. The number of ether oxygens (including phenoxy) is 1. The molecule has 3 fully saturated rings. The summed E-state index contributed by atoms with van der Waals surface area (Å²) in [4.78, 5) is 30.3. The third-order valence-electron chi connectivity index (χ3n) is 9.29. The molecule has 1 N–H and O–H groups in total. The Hall–Kier alpha value is -3.30. The highest BCUT2D eigenvalue weighted by Gasteiger charge is 2.26. The van der Waals surface area contributed by atoms with Gasteiger partial charge in [-0.3, -0.25) is 9.59 Å². The van der Waals surface area contributed by atoms with Gasteiger partial charge in [-0.15, -0.1) is 10.2 Å². The number of benzene rings is 2. The molecule has 44 heavy (non-hydrogen) atoms. The number of carbonyl (C=O) groups is 2. The Balaban J connectivity index is 1.12. The monoisotopic (exact) mass is 615 g/mol. The summed E-state index contributed by atoms with van der Waals surface area (Å²) < 4.78 is 6.40. The maximum absolute atomic E-state index is 13.4. The van der Waals surface area contributed by atoms with Gasteiger partial charge in [0.05, 0.1) is 0 Å². The van der Waals surface area contributed by atoms with E-state index in [-0.39, 0.29) is 17.9 Å². The third kappa shape index (κ3) is 7.67. The van der Waals surface area contributed by atoms with Crippen LogP contribution in [0.3, 0.4) is 0 Å². The van der Waals surface area contributed by atoms with Gasteiger partial charge in [0.25, 0.3) is 5.91 Å². The van der Waals surface area contributed by atoms with Crippen molar-refractivity contribution in [3.05, 3.63) is 58.6 Å². The number of hydrogen-bond acceptors (Lipinski definition) is 7. The summed E-state index contributed by atoms with van der Waals surface area (Å²) in [5.41, 5.74) is 2.46. The Kier molecular flexibility index (Phi) is 9.92. The van der Waals surface area contributed by atoms with Gasteiger partial charge in [-0.1, -0.05) is 50.5 Å². The van der Waals surface area contributed by atoms with E-state index in [0.717, 1.165) is 66.0 Å². The molecule has 0 radical (unpaired) electrons. The molecule has 0 unspecified atom stereocenters. The van der Waals surface area contributed by atoms with Gasteiger partial charge in [-0.05, 0) is 74.4 Å². The Morgan fingerprint density at radius 3 is 2.43 bits per heavy atom. The molecule has 1 aromatic heterocycles. The molecule has 234 valence electrons. The molecular weight excluding hydrogens is 570 g/mol. The van der Waals surface area contributed by atoms with Crippen LogP contribution in [0.15, 0.2) is 42.5 Å². The standard InChI is InChI=1S/C35H45N5O3S/c1-24(2)34-37-38-35(44-34)26-12-14-30(15-13-26)43-31-21-27(10-11-28(31)23-40-18-6-9-32(40)41)33(42)36-29-16-19-39(20-17-29)22-25-7-4-3-5-8-25/h10-15,21,24-25,29H,3-9,16-20,22-23H2,1-2H3,(H,36,42). The first kappa shape index (κ1) is 30.7. The summed E-state index contributed by atoms with van der Waals surface area (Å²) >= 11 is 1.60. The first-order chi connectivity index (χ1) is 21.4. The van der Waals surface area contributed by atoms with Crippen molar-refractivity contribution in [2.24, 2.45) is 5.92 Å². The number of nitrogens with one attached hydrogen (secondary N) is 1. The van der Waals surface area contributed by atoms with E-state index in [1.807, 2.05) is 47.4 Å².